The molecule has 0 spiro atoms. The molecule has 2 unspecified atom stereocenters. The maximum atomic E-state index is 5.71. The van der Waals surface area contributed by atoms with Gasteiger partial charge >= 0.3 is 0 Å². The second-order valence-electron chi connectivity index (χ2n) is 4.02. The van der Waals surface area contributed by atoms with Crippen molar-refractivity contribution in [2.45, 2.75) is 46.1 Å². The molecule has 2 nitrogen and oxygen atoms in total. The summed E-state index contributed by atoms with van der Waals surface area (Å²) in [7, 11) is 0. The van der Waals surface area contributed by atoms with Gasteiger partial charge in [-0.15, -0.1) is 0 Å². The molecule has 0 aromatic rings. The van der Waals surface area contributed by atoms with Crippen molar-refractivity contribution in [3.05, 3.63) is 11.8 Å². The van der Waals surface area contributed by atoms with Gasteiger partial charge in [-0.25, -0.2) is 0 Å². The van der Waals surface area contributed by atoms with Crippen LogP contribution in [0.2, 0.25) is 0 Å². The monoisotopic (exact) mass is 197 g/mol. The fraction of sp³-hybridized carbons (Fsp3) is 0.833. The molecule has 1 heterocycles. The summed E-state index contributed by atoms with van der Waals surface area (Å²) in [5.41, 5.74) is 0. The zero-order chi connectivity index (χ0) is 10.4. The third kappa shape index (κ3) is 3.02. The van der Waals surface area contributed by atoms with Gasteiger partial charge in [-0.1, -0.05) is 27.2 Å². The number of likely N-dealkylation sites (N-methyl/N-ethyl adjacent to an activating group) is 1. The number of rotatable bonds is 5. The lowest BCUT2D eigenvalue weighted by Gasteiger charge is -2.28. The van der Waals surface area contributed by atoms with Gasteiger partial charge in [-0.3, -0.25) is 0 Å². The zero-order valence-electron chi connectivity index (χ0n) is 9.68. The average Bonchev–Trinajstić information content (AvgIpc) is 2.26. The van der Waals surface area contributed by atoms with Crippen LogP contribution in [0.5, 0.6) is 0 Å². The van der Waals surface area contributed by atoms with E-state index in [9.17, 15) is 0 Å². The lowest BCUT2D eigenvalue weighted by atomic mass is 9.96. The highest BCUT2D eigenvalue weighted by atomic mass is 16.5. The molecule has 0 radical (unpaired) electrons. The number of hydrogen-bond donors (Lipinski definition) is 1. The highest BCUT2D eigenvalue weighted by Crippen LogP contribution is 2.20. The first-order chi connectivity index (χ1) is 6.79. The average molecular weight is 197 g/mol. The Morgan fingerprint density at radius 2 is 2.29 bits per heavy atom. The minimum atomic E-state index is 0.422. The van der Waals surface area contributed by atoms with Crippen molar-refractivity contribution in [2.24, 2.45) is 5.92 Å². The Morgan fingerprint density at radius 1 is 1.50 bits per heavy atom. The largest absolute Gasteiger partial charge is 0.497 e. The standard InChI is InChI=1S/C12H23NO/c1-4-10(3)12(13-5-2)11-8-6-7-9-14-11/h8,10,12-13H,4-7,9H2,1-3H3. The van der Waals surface area contributed by atoms with Crippen LogP contribution in [-0.4, -0.2) is 19.2 Å². The molecule has 1 rings (SSSR count). The molecule has 0 amide bonds. The van der Waals surface area contributed by atoms with E-state index in [0.29, 0.717) is 12.0 Å². The van der Waals surface area contributed by atoms with Crippen molar-refractivity contribution in [1.29, 1.82) is 0 Å². The quantitative estimate of drug-likeness (QED) is 0.731. The molecule has 0 bridgehead atoms. The number of allylic oxidation sites excluding steroid dienone is 1. The van der Waals surface area contributed by atoms with Crippen LogP contribution in [0.25, 0.3) is 0 Å². The van der Waals surface area contributed by atoms with Gasteiger partial charge in [0.15, 0.2) is 0 Å². The Balaban J connectivity index is 2.60. The molecule has 0 aromatic carbocycles. The highest BCUT2D eigenvalue weighted by Gasteiger charge is 2.21. The molecular weight excluding hydrogens is 174 g/mol. The van der Waals surface area contributed by atoms with Crippen LogP contribution in [-0.2, 0) is 4.74 Å². The summed E-state index contributed by atoms with van der Waals surface area (Å²) in [6.07, 6.45) is 5.79. The molecule has 2 atom stereocenters. The van der Waals surface area contributed by atoms with Gasteiger partial charge in [0.25, 0.3) is 0 Å². The minimum Gasteiger partial charge on any atom is -0.497 e. The van der Waals surface area contributed by atoms with Gasteiger partial charge in [0, 0.05) is 0 Å². The number of ether oxygens (including phenoxy) is 1. The van der Waals surface area contributed by atoms with E-state index in [-0.39, 0.29) is 0 Å². The molecule has 1 aliphatic rings. The molecule has 1 aliphatic heterocycles. The first-order valence-electron chi connectivity index (χ1n) is 5.85. The van der Waals surface area contributed by atoms with Gasteiger partial charge < -0.3 is 10.1 Å². The van der Waals surface area contributed by atoms with Crippen molar-refractivity contribution in [2.75, 3.05) is 13.2 Å². The second kappa shape index (κ2) is 6.07. The SMILES string of the molecule is CCNC(C1=CCCCO1)C(C)CC. The fourth-order valence-electron chi connectivity index (χ4n) is 1.83. The first kappa shape index (κ1) is 11.6. The van der Waals surface area contributed by atoms with Gasteiger partial charge in [-0.05, 0) is 31.4 Å². The van der Waals surface area contributed by atoms with Crippen LogP contribution in [0.4, 0.5) is 0 Å². The van der Waals surface area contributed by atoms with Crippen molar-refractivity contribution < 1.29 is 4.74 Å². The Bertz CT molecular complexity index is 189. The summed E-state index contributed by atoms with van der Waals surface area (Å²) in [5, 5.41) is 3.51. The van der Waals surface area contributed by atoms with Crippen LogP contribution >= 0.6 is 0 Å². The summed E-state index contributed by atoms with van der Waals surface area (Å²) in [6.45, 7) is 8.57. The molecule has 1 N–H and O–H groups in total. The van der Waals surface area contributed by atoms with E-state index in [4.69, 9.17) is 4.74 Å². The van der Waals surface area contributed by atoms with E-state index in [1.807, 2.05) is 0 Å². The van der Waals surface area contributed by atoms with Crippen LogP contribution < -0.4 is 5.32 Å². The molecule has 0 saturated heterocycles. The van der Waals surface area contributed by atoms with E-state index in [2.05, 4.69) is 32.2 Å². The van der Waals surface area contributed by atoms with Crippen molar-refractivity contribution in [1.82, 2.24) is 5.32 Å². The van der Waals surface area contributed by atoms with Crippen LogP contribution in [0.1, 0.15) is 40.0 Å². The Morgan fingerprint density at radius 3 is 2.79 bits per heavy atom. The molecule has 0 saturated carbocycles. The lowest BCUT2D eigenvalue weighted by molar-refractivity contribution is 0.152. The van der Waals surface area contributed by atoms with Crippen molar-refractivity contribution >= 4 is 0 Å². The normalized spacial score (nSPS) is 20.9. The predicted octanol–water partition coefficient (Wildman–Crippen LogP) is 2.70. The number of nitrogens with one attached hydrogen (secondary N) is 1. The predicted molar refractivity (Wildman–Crippen MR) is 60.2 cm³/mol. The zero-order valence-corrected chi connectivity index (χ0v) is 9.68. The lowest BCUT2D eigenvalue weighted by Crippen LogP contribution is -2.38. The third-order valence-electron chi connectivity index (χ3n) is 2.91. The smallest absolute Gasteiger partial charge is 0.109 e. The third-order valence-corrected chi connectivity index (χ3v) is 2.91. The van der Waals surface area contributed by atoms with E-state index in [1.54, 1.807) is 0 Å². The molecule has 0 aromatic heterocycles. The molecule has 0 fully saturated rings. The van der Waals surface area contributed by atoms with E-state index in [1.165, 1.54) is 25.0 Å². The van der Waals surface area contributed by atoms with Crippen LogP contribution in [0.3, 0.4) is 0 Å². The Kier molecular flexibility index (Phi) is 5.02. The highest BCUT2D eigenvalue weighted by molar-refractivity contribution is 5.06. The molecule has 2 heteroatoms. The summed E-state index contributed by atoms with van der Waals surface area (Å²) >= 11 is 0. The van der Waals surface area contributed by atoms with E-state index in [0.717, 1.165) is 13.2 Å². The maximum Gasteiger partial charge on any atom is 0.109 e. The summed E-state index contributed by atoms with van der Waals surface area (Å²) < 4.78 is 5.71. The van der Waals surface area contributed by atoms with Gasteiger partial charge in [-0.2, -0.15) is 0 Å². The maximum absolute atomic E-state index is 5.71. The topological polar surface area (TPSA) is 21.3 Å². The second-order valence-corrected chi connectivity index (χ2v) is 4.02. The van der Waals surface area contributed by atoms with Gasteiger partial charge in [0.2, 0.25) is 0 Å². The van der Waals surface area contributed by atoms with Crippen molar-refractivity contribution in [3.63, 3.8) is 0 Å². The minimum absolute atomic E-state index is 0.422. The van der Waals surface area contributed by atoms with Crippen LogP contribution in [0, 0.1) is 5.92 Å². The number of hydrogen-bond acceptors (Lipinski definition) is 2. The molecule has 14 heavy (non-hydrogen) atoms. The van der Waals surface area contributed by atoms with Crippen molar-refractivity contribution in [3.8, 4) is 0 Å². The first-order valence-corrected chi connectivity index (χ1v) is 5.85. The molecule has 0 aliphatic carbocycles. The summed E-state index contributed by atoms with van der Waals surface area (Å²) in [5.74, 6) is 1.83. The Hall–Kier alpha value is -0.500. The van der Waals surface area contributed by atoms with E-state index < -0.39 is 0 Å². The molecule has 82 valence electrons. The fourth-order valence-corrected chi connectivity index (χ4v) is 1.83. The summed E-state index contributed by atoms with van der Waals surface area (Å²) in [4.78, 5) is 0. The van der Waals surface area contributed by atoms with Gasteiger partial charge in [0.05, 0.1) is 12.6 Å². The Labute approximate surface area is 87.7 Å². The summed E-state index contributed by atoms with van der Waals surface area (Å²) in [6, 6.07) is 0.422. The van der Waals surface area contributed by atoms with E-state index >= 15 is 0 Å². The molecular formula is C12H23NO. The van der Waals surface area contributed by atoms with Gasteiger partial charge in [0.1, 0.15) is 5.76 Å². The van der Waals surface area contributed by atoms with Crippen LogP contribution in [0.15, 0.2) is 11.8 Å².